The molecule has 1 fully saturated rings. The van der Waals surface area contributed by atoms with Gasteiger partial charge in [-0.25, -0.2) is 0 Å². The molecule has 0 saturated heterocycles. The summed E-state index contributed by atoms with van der Waals surface area (Å²) in [6.45, 7) is 0.404. The molecular formula is C16H23BrN2O. The maximum Gasteiger partial charge on any atom is 0.238 e. The molecular weight excluding hydrogens is 316 g/mol. The smallest absolute Gasteiger partial charge is 0.238 e. The number of carbonyl (C=O) groups is 1. The monoisotopic (exact) mass is 338 g/mol. The van der Waals surface area contributed by atoms with Crippen LogP contribution < -0.4 is 10.6 Å². The Bertz CT molecular complexity index is 411. The highest BCUT2D eigenvalue weighted by Crippen LogP contribution is 2.17. The molecule has 0 radical (unpaired) electrons. The Morgan fingerprint density at radius 3 is 2.30 bits per heavy atom. The van der Waals surface area contributed by atoms with E-state index in [1.165, 1.54) is 44.9 Å². The minimum absolute atomic E-state index is 0.0365. The van der Waals surface area contributed by atoms with Crippen molar-refractivity contribution in [1.82, 2.24) is 5.32 Å². The van der Waals surface area contributed by atoms with Gasteiger partial charge in [-0.1, -0.05) is 48.0 Å². The number of amides is 1. The Kier molecular flexibility index (Phi) is 6.54. The summed E-state index contributed by atoms with van der Waals surface area (Å²) >= 11 is 3.38. The van der Waals surface area contributed by atoms with Crippen LogP contribution in [-0.2, 0) is 4.79 Å². The van der Waals surface area contributed by atoms with Crippen molar-refractivity contribution in [3.63, 3.8) is 0 Å². The summed E-state index contributed by atoms with van der Waals surface area (Å²) in [5, 5.41) is 6.31. The number of rotatable bonds is 4. The first-order valence-electron chi connectivity index (χ1n) is 7.53. The minimum Gasteiger partial charge on any atom is -0.325 e. The zero-order chi connectivity index (χ0) is 14.2. The third kappa shape index (κ3) is 5.63. The molecule has 1 amide bonds. The normalized spacial score (nSPS) is 17.2. The predicted molar refractivity (Wildman–Crippen MR) is 86.9 cm³/mol. The first-order valence-corrected chi connectivity index (χ1v) is 8.32. The topological polar surface area (TPSA) is 41.1 Å². The van der Waals surface area contributed by atoms with Crippen molar-refractivity contribution in [2.24, 2.45) is 0 Å². The van der Waals surface area contributed by atoms with Gasteiger partial charge in [0.15, 0.2) is 0 Å². The molecule has 0 aromatic heterocycles. The Labute approximate surface area is 129 Å². The summed E-state index contributed by atoms with van der Waals surface area (Å²) < 4.78 is 1.02. The number of hydrogen-bond acceptors (Lipinski definition) is 2. The molecule has 0 aliphatic heterocycles. The van der Waals surface area contributed by atoms with Crippen LogP contribution >= 0.6 is 15.9 Å². The Morgan fingerprint density at radius 2 is 1.65 bits per heavy atom. The van der Waals surface area contributed by atoms with Gasteiger partial charge in [-0.05, 0) is 37.1 Å². The quantitative estimate of drug-likeness (QED) is 0.867. The Morgan fingerprint density at radius 1 is 1.05 bits per heavy atom. The van der Waals surface area contributed by atoms with Crippen LogP contribution in [0, 0.1) is 0 Å². The van der Waals surface area contributed by atoms with Gasteiger partial charge in [0.2, 0.25) is 5.91 Å². The van der Waals surface area contributed by atoms with Crippen LogP contribution in [-0.4, -0.2) is 18.5 Å². The molecule has 20 heavy (non-hydrogen) atoms. The van der Waals surface area contributed by atoms with Gasteiger partial charge < -0.3 is 10.6 Å². The van der Waals surface area contributed by atoms with E-state index in [0.717, 1.165) is 10.2 Å². The van der Waals surface area contributed by atoms with Crippen molar-refractivity contribution in [3.05, 3.63) is 28.7 Å². The molecule has 1 aliphatic rings. The number of anilines is 1. The van der Waals surface area contributed by atoms with E-state index in [1.807, 2.05) is 24.3 Å². The fraction of sp³-hybridized carbons (Fsp3) is 0.562. The van der Waals surface area contributed by atoms with Crippen molar-refractivity contribution < 1.29 is 4.79 Å². The van der Waals surface area contributed by atoms with Gasteiger partial charge in [0.25, 0.3) is 0 Å². The summed E-state index contributed by atoms with van der Waals surface area (Å²) in [7, 11) is 0. The van der Waals surface area contributed by atoms with E-state index in [2.05, 4.69) is 26.6 Å². The SMILES string of the molecule is O=C(CNC1CCCCCCC1)Nc1ccc(Br)cc1. The van der Waals surface area contributed by atoms with Gasteiger partial charge in [0.05, 0.1) is 6.54 Å². The van der Waals surface area contributed by atoms with Crippen LogP contribution in [0.25, 0.3) is 0 Å². The van der Waals surface area contributed by atoms with Crippen molar-refractivity contribution in [2.45, 2.75) is 51.0 Å². The Balaban J connectivity index is 1.72. The lowest BCUT2D eigenvalue weighted by Crippen LogP contribution is -2.36. The van der Waals surface area contributed by atoms with E-state index >= 15 is 0 Å². The molecule has 2 N–H and O–H groups in total. The summed E-state index contributed by atoms with van der Waals surface area (Å²) in [5.41, 5.74) is 0.845. The van der Waals surface area contributed by atoms with Gasteiger partial charge >= 0.3 is 0 Å². The average molecular weight is 339 g/mol. The Hall–Kier alpha value is -0.870. The maximum absolute atomic E-state index is 11.9. The largest absolute Gasteiger partial charge is 0.325 e. The molecule has 1 saturated carbocycles. The molecule has 2 rings (SSSR count). The summed E-state index contributed by atoms with van der Waals surface area (Å²) in [4.78, 5) is 11.9. The number of carbonyl (C=O) groups excluding carboxylic acids is 1. The van der Waals surface area contributed by atoms with E-state index in [0.29, 0.717) is 12.6 Å². The van der Waals surface area contributed by atoms with Crippen LogP contribution in [0.1, 0.15) is 44.9 Å². The predicted octanol–water partition coefficient (Wildman–Crippen LogP) is 4.09. The fourth-order valence-corrected chi connectivity index (χ4v) is 2.90. The second-order valence-corrected chi connectivity index (χ2v) is 6.39. The van der Waals surface area contributed by atoms with Crippen LogP contribution in [0.5, 0.6) is 0 Å². The van der Waals surface area contributed by atoms with E-state index in [9.17, 15) is 4.79 Å². The molecule has 1 aliphatic carbocycles. The van der Waals surface area contributed by atoms with Crippen LogP contribution in [0.3, 0.4) is 0 Å². The van der Waals surface area contributed by atoms with Gasteiger partial charge in [0.1, 0.15) is 0 Å². The minimum atomic E-state index is 0.0365. The highest BCUT2D eigenvalue weighted by Gasteiger charge is 2.12. The van der Waals surface area contributed by atoms with Crippen LogP contribution in [0.2, 0.25) is 0 Å². The highest BCUT2D eigenvalue weighted by atomic mass is 79.9. The number of halogens is 1. The van der Waals surface area contributed by atoms with Crippen molar-refractivity contribution >= 4 is 27.5 Å². The van der Waals surface area contributed by atoms with Gasteiger partial charge in [-0.15, -0.1) is 0 Å². The molecule has 4 heteroatoms. The molecule has 3 nitrogen and oxygen atoms in total. The second-order valence-electron chi connectivity index (χ2n) is 5.48. The molecule has 0 atom stereocenters. The first kappa shape index (κ1) is 15.5. The van der Waals surface area contributed by atoms with E-state index in [-0.39, 0.29) is 5.91 Å². The third-order valence-electron chi connectivity index (χ3n) is 3.78. The van der Waals surface area contributed by atoms with Crippen LogP contribution in [0.15, 0.2) is 28.7 Å². The zero-order valence-corrected chi connectivity index (χ0v) is 13.4. The lowest BCUT2D eigenvalue weighted by Gasteiger charge is -2.20. The number of nitrogens with one attached hydrogen (secondary N) is 2. The highest BCUT2D eigenvalue weighted by molar-refractivity contribution is 9.10. The second kappa shape index (κ2) is 8.42. The standard InChI is InChI=1S/C16H23BrN2O/c17-13-8-10-15(11-9-13)19-16(20)12-18-14-6-4-2-1-3-5-7-14/h8-11,14,18H,1-7,12H2,(H,19,20). The van der Waals surface area contributed by atoms with Crippen molar-refractivity contribution in [2.75, 3.05) is 11.9 Å². The van der Waals surface area contributed by atoms with Crippen molar-refractivity contribution in [1.29, 1.82) is 0 Å². The molecule has 1 aromatic rings. The molecule has 0 bridgehead atoms. The summed E-state index contributed by atoms with van der Waals surface area (Å²) in [5.74, 6) is 0.0365. The number of benzene rings is 1. The third-order valence-corrected chi connectivity index (χ3v) is 4.31. The molecule has 110 valence electrons. The molecule has 0 unspecified atom stereocenters. The summed E-state index contributed by atoms with van der Waals surface area (Å²) in [6.07, 6.45) is 9.01. The average Bonchev–Trinajstić information content (AvgIpc) is 2.40. The van der Waals surface area contributed by atoms with Gasteiger partial charge in [0, 0.05) is 16.2 Å². The van der Waals surface area contributed by atoms with Gasteiger partial charge in [-0.3, -0.25) is 4.79 Å². The van der Waals surface area contributed by atoms with Gasteiger partial charge in [-0.2, -0.15) is 0 Å². The number of hydrogen-bond donors (Lipinski definition) is 2. The molecule has 1 aromatic carbocycles. The maximum atomic E-state index is 11.9. The summed E-state index contributed by atoms with van der Waals surface area (Å²) in [6, 6.07) is 8.16. The fourth-order valence-electron chi connectivity index (χ4n) is 2.64. The van der Waals surface area contributed by atoms with E-state index in [1.54, 1.807) is 0 Å². The molecule has 0 heterocycles. The molecule has 0 spiro atoms. The first-order chi connectivity index (χ1) is 9.74. The lowest BCUT2D eigenvalue weighted by molar-refractivity contribution is -0.115. The zero-order valence-electron chi connectivity index (χ0n) is 11.8. The van der Waals surface area contributed by atoms with E-state index in [4.69, 9.17) is 0 Å². The van der Waals surface area contributed by atoms with Crippen LogP contribution in [0.4, 0.5) is 5.69 Å². The van der Waals surface area contributed by atoms with Crippen molar-refractivity contribution in [3.8, 4) is 0 Å². The van der Waals surface area contributed by atoms with E-state index < -0.39 is 0 Å². The lowest BCUT2D eigenvalue weighted by atomic mass is 9.97.